The van der Waals surface area contributed by atoms with Gasteiger partial charge in [0, 0.05) is 11.8 Å². The Labute approximate surface area is 124 Å². The largest absolute Gasteiger partial charge is 0.508 e. The van der Waals surface area contributed by atoms with Crippen molar-refractivity contribution in [2.75, 3.05) is 5.32 Å². The second-order valence-electron chi connectivity index (χ2n) is 5.20. The third-order valence-corrected chi connectivity index (χ3v) is 3.12. The minimum atomic E-state index is -0.195. The summed E-state index contributed by atoms with van der Waals surface area (Å²) in [6.45, 7) is 4.23. The lowest BCUT2D eigenvalue weighted by atomic mass is 10.0. The Morgan fingerprint density at radius 2 is 1.90 bits per heavy atom. The normalized spacial score (nSPS) is 11.0. The monoisotopic (exact) mass is 281 g/mol. The average Bonchev–Trinajstić information content (AvgIpc) is 2.45. The van der Waals surface area contributed by atoms with E-state index in [0.29, 0.717) is 5.92 Å². The molecule has 2 aromatic carbocycles. The van der Waals surface area contributed by atoms with Crippen molar-refractivity contribution in [2.24, 2.45) is 0 Å². The molecule has 0 saturated heterocycles. The molecule has 3 nitrogen and oxygen atoms in total. The lowest BCUT2D eigenvalue weighted by Gasteiger charge is -2.08. The molecule has 0 aliphatic carbocycles. The van der Waals surface area contributed by atoms with Crippen LogP contribution in [-0.2, 0) is 4.79 Å². The van der Waals surface area contributed by atoms with Crippen molar-refractivity contribution in [1.29, 1.82) is 0 Å². The van der Waals surface area contributed by atoms with Crippen molar-refractivity contribution in [3.63, 3.8) is 0 Å². The van der Waals surface area contributed by atoms with E-state index in [4.69, 9.17) is 0 Å². The number of hydrogen-bond donors (Lipinski definition) is 2. The van der Waals surface area contributed by atoms with Gasteiger partial charge in [-0.2, -0.15) is 0 Å². The zero-order valence-corrected chi connectivity index (χ0v) is 12.2. The molecule has 0 saturated carbocycles. The molecule has 2 aromatic rings. The summed E-state index contributed by atoms with van der Waals surface area (Å²) in [6.07, 6.45) is 3.12. The van der Waals surface area contributed by atoms with Gasteiger partial charge in [-0.1, -0.05) is 38.1 Å². The molecule has 2 rings (SSSR count). The summed E-state index contributed by atoms with van der Waals surface area (Å²) in [5.74, 6) is 0.408. The topological polar surface area (TPSA) is 49.3 Å². The zero-order chi connectivity index (χ0) is 15.2. The quantitative estimate of drug-likeness (QED) is 0.826. The molecule has 0 aromatic heterocycles. The molecule has 0 atom stereocenters. The molecule has 2 N–H and O–H groups in total. The number of amides is 1. The number of carbonyl (C=O) groups is 1. The summed E-state index contributed by atoms with van der Waals surface area (Å²) in [6, 6.07) is 14.6. The van der Waals surface area contributed by atoms with Gasteiger partial charge in [0.15, 0.2) is 0 Å². The molecule has 3 heteroatoms. The Morgan fingerprint density at radius 1 is 1.14 bits per heavy atom. The second-order valence-corrected chi connectivity index (χ2v) is 5.20. The van der Waals surface area contributed by atoms with Gasteiger partial charge in [-0.15, -0.1) is 0 Å². The van der Waals surface area contributed by atoms with E-state index in [0.717, 1.165) is 11.3 Å². The van der Waals surface area contributed by atoms with Crippen molar-refractivity contribution < 1.29 is 9.90 Å². The number of nitrogens with one attached hydrogen (secondary N) is 1. The summed E-state index contributed by atoms with van der Waals surface area (Å²) in [5.41, 5.74) is 2.75. The molecule has 21 heavy (non-hydrogen) atoms. The van der Waals surface area contributed by atoms with Crippen LogP contribution >= 0.6 is 0 Å². The third kappa shape index (κ3) is 4.49. The SMILES string of the molecule is CC(C)c1cccc(NC(=O)/C=C/c2cccc(O)c2)c1. The number of carbonyl (C=O) groups excluding carboxylic acids is 1. The molecule has 0 aliphatic heterocycles. The first kappa shape index (κ1) is 14.9. The fourth-order valence-corrected chi connectivity index (χ4v) is 1.96. The number of aromatic hydroxyl groups is 1. The number of benzene rings is 2. The maximum absolute atomic E-state index is 11.9. The van der Waals surface area contributed by atoms with Crippen LogP contribution in [0.1, 0.15) is 30.9 Å². The maximum Gasteiger partial charge on any atom is 0.248 e. The van der Waals surface area contributed by atoms with Crippen LogP contribution in [-0.4, -0.2) is 11.0 Å². The van der Waals surface area contributed by atoms with Gasteiger partial charge in [0.05, 0.1) is 0 Å². The third-order valence-electron chi connectivity index (χ3n) is 3.12. The minimum Gasteiger partial charge on any atom is -0.508 e. The number of phenols is 1. The first-order valence-corrected chi connectivity index (χ1v) is 6.92. The van der Waals surface area contributed by atoms with Crippen LogP contribution in [0.5, 0.6) is 5.75 Å². The summed E-state index contributed by atoms with van der Waals surface area (Å²) >= 11 is 0. The lowest BCUT2D eigenvalue weighted by Crippen LogP contribution is -2.08. The summed E-state index contributed by atoms with van der Waals surface area (Å²) in [4.78, 5) is 11.9. The molecule has 0 fully saturated rings. The van der Waals surface area contributed by atoms with Crippen LogP contribution in [0.3, 0.4) is 0 Å². The van der Waals surface area contributed by atoms with E-state index in [2.05, 4.69) is 19.2 Å². The van der Waals surface area contributed by atoms with Gasteiger partial charge in [0.25, 0.3) is 0 Å². The van der Waals surface area contributed by atoms with Crippen LogP contribution in [0, 0.1) is 0 Å². The van der Waals surface area contributed by atoms with Crippen LogP contribution in [0.15, 0.2) is 54.6 Å². The van der Waals surface area contributed by atoms with Gasteiger partial charge >= 0.3 is 0 Å². The van der Waals surface area contributed by atoms with Crippen LogP contribution < -0.4 is 5.32 Å². The summed E-state index contributed by atoms with van der Waals surface area (Å²) < 4.78 is 0. The Balaban J connectivity index is 2.03. The van der Waals surface area contributed by atoms with Gasteiger partial charge < -0.3 is 10.4 Å². The fraction of sp³-hybridized carbons (Fsp3) is 0.167. The van der Waals surface area contributed by atoms with E-state index in [9.17, 15) is 9.90 Å². The van der Waals surface area contributed by atoms with Gasteiger partial charge in [-0.3, -0.25) is 4.79 Å². The van der Waals surface area contributed by atoms with Gasteiger partial charge in [0.2, 0.25) is 5.91 Å². The molecule has 0 heterocycles. The van der Waals surface area contributed by atoms with E-state index in [1.165, 1.54) is 11.6 Å². The Hall–Kier alpha value is -2.55. The van der Waals surface area contributed by atoms with Crippen molar-refractivity contribution in [3.8, 4) is 5.75 Å². The first-order valence-electron chi connectivity index (χ1n) is 6.92. The average molecular weight is 281 g/mol. The predicted molar refractivity (Wildman–Crippen MR) is 86.3 cm³/mol. The maximum atomic E-state index is 11.9. The van der Waals surface area contributed by atoms with Crippen LogP contribution in [0.4, 0.5) is 5.69 Å². The van der Waals surface area contributed by atoms with Gasteiger partial charge in [0.1, 0.15) is 5.75 Å². The molecule has 0 aliphatic rings. The van der Waals surface area contributed by atoms with Crippen molar-refractivity contribution in [1.82, 2.24) is 0 Å². The van der Waals surface area contributed by atoms with Gasteiger partial charge in [-0.05, 0) is 47.4 Å². The highest BCUT2D eigenvalue weighted by Gasteiger charge is 2.02. The van der Waals surface area contributed by atoms with Crippen molar-refractivity contribution >= 4 is 17.7 Å². The lowest BCUT2D eigenvalue weighted by molar-refractivity contribution is -0.111. The second kappa shape index (κ2) is 6.75. The molecule has 0 spiro atoms. The Bertz CT molecular complexity index is 660. The molecule has 0 bridgehead atoms. The highest BCUT2D eigenvalue weighted by atomic mass is 16.3. The molecule has 0 radical (unpaired) electrons. The van der Waals surface area contributed by atoms with E-state index in [1.54, 1.807) is 24.3 Å². The fourth-order valence-electron chi connectivity index (χ4n) is 1.96. The summed E-state index contributed by atoms with van der Waals surface area (Å²) in [5, 5.41) is 12.2. The number of hydrogen-bond acceptors (Lipinski definition) is 2. The first-order chi connectivity index (χ1) is 10.0. The molecular formula is C18H19NO2. The van der Waals surface area contributed by atoms with Crippen LogP contribution in [0.25, 0.3) is 6.08 Å². The highest BCUT2D eigenvalue weighted by Crippen LogP contribution is 2.18. The standard InChI is InChI=1S/C18H19NO2/c1-13(2)15-6-4-7-16(12-15)19-18(21)10-9-14-5-3-8-17(20)11-14/h3-13,20H,1-2H3,(H,19,21)/b10-9+. The van der Waals surface area contributed by atoms with E-state index in [-0.39, 0.29) is 11.7 Å². The molecular weight excluding hydrogens is 262 g/mol. The molecule has 1 amide bonds. The Kier molecular flexibility index (Phi) is 4.77. The summed E-state index contributed by atoms with van der Waals surface area (Å²) in [7, 11) is 0. The number of phenolic OH excluding ortho intramolecular Hbond substituents is 1. The van der Waals surface area contributed by atoms with Crippen molar-refractivity contribution in [2.45, 2.75) is 19.8 Å². The highest BCUT2D eigenvalue weighted by molar-refractivity contribution is 6.01. The van der Waals surface area contributed by atoms with E-state index < -0.39 is 0 Å². The number of anilines is 1. The minimum absolute atomic E-state index is 0.183. The van der Waals surface area contributed by atoms with Crippen LogP contribution in [0.2, 0.25) is 0 Å². The van der Waals surface area contributed by atoms with Gasteiger partial charge in [-0.25, -0.2) is 0 Å². The van der Waals surface area contributed by atoms with E-state index >= 15 is 0 Å². The molecule has 108 valence electrons. The van der Waals surface area contributed by atoms with E-state index in [1.807, 2.05) is 30.3 Å². The van der Waals surface area contributed by atoms with Crippen molar-refractivity contribution in [3.05, 3.63) is 65.7 Å². The smallest absolute Gasteiger partial charge is 0.248 e. The predicted octanol–water partition coefficient (Wildman–Crippen LogP) is 4.17. The Morgan fingerprint density at radius 3 is 2.62 bits per heavy atom. The number of rotatable bonds is 4. The zero-order valence-electron chi connectivity index (χ0n) is 12.2. The molecule has 0 unspecified atom stereocenters.